The van der Waals surface area contributed by atoms with Crippen LogP contribution in [0.25, 0.3) is 0 Å². The van der Waals surface area contributed by atoms with Gasteiger partial charge >= 0.3 is 0 Å². The molecule has 2 aliphatic rings. The van der Waals surface area contributed by atoms with Crippen LogP contribution >= 0.6 is 11.6 Å². The summed E-state index contributed by atoms with van der Waals surface area (Å²) in [6.07, 6.45) is 1.39. The molecule has 32 heavy (non-hydrogen) atoms. The third kappa shape index (κ3) is 4.36. The maximum Gasteiger partial charge on any atom is 0.251 e. The number of benzene rings is 2. The number of imide groups is 1. The highest BCUT2D eigenvalue weighted by atomic mass is 35.5. The topological polar surface area (TPSA) is 79.0 Å². The molecule has 2 aromatic rings. The zero-order chi connectivity index (χ0) is 22.8. The Balaban J connectivity index is 1.42. The summed E-state index contributed by atoms with van der Waals surface area (Å²) in [4.78, 5) is 41.9. The third-order valence-electron chi connectivity index (χ3n) is 6.21. The lowest BCUT2D eigenvalue weighted by Gasteiger charge is -2.34. The second-order valence-electron chi connectivity index (χ2n) is 8.23. The van der Waals surface area contributed by atoms with Gasteiger partial charge in [-0.25, -0.2) is 4.90 Å². The molecule has 0 saturated carbocycles. The molecular formula is C24H26ClN3O4. The number of piperidine rings is 1. The lowest BCUT2D eigenvalue weighted by atomic mass is 9.94. The molecule has 8 heteroatoms. The summed E-state index contributed by atoms with van der Waals surface area (Å²) in [5.41, 5.74) is 1.96. The van der Waals surface area contributed by atoms with Crippen LogP contribution in [-0.2, 0) is 14.4 Å². The molecule has 4 rings (SSSR count). The number of rotatable bonds is 5. The number of para-hydroxylation sites is 1. The Labute approximate surface area is 192 Å². The second-order valence-corrected chi connectivity index (χ2v) is 8.63. The van der Waals surface area contributed by atoms with Crippen molar-refractivity contribution < 1.29 is 19.1 Å². The van der Waals surface area contributed by atoms with E-state index in [4.69, 9.17) is 16.3 Å². The number of methoxy groups -OCH3 is 1. The number of hydrogen-bond donors (Lipinski definition) is 1. The molecule has 2 heterocycles. The Hall–Kier alpha value is -2.90. The van der Waals surface area contributed by atoms with E-state index in [1.807, 2.05) is 42.2 Å². The molecule has 2 aromatic carbocycles. The fourth-order valence-electron chi connectivity index (χ4n) is 4.38. The third-order valence-corrected chi connectivity index (χ3v) is 6.61. The van der Waals surface area contributed by atoms with Gasteiger partial charge in [0.25, 0.3) is 5.91 Å². The molecule has 1 atom stereocenters. The van der Waals surface area contributed by atoms with Crippen LogP contribution in [0.2, 0.25) is 5.02 Å². The molecule has 0 spiro atoms. The summed E-state index contributed by atoms with van der Waals surface area (Å²) < 4.78 is 5.37. The summed E-state index contributed by atoms with van der Waals surface area (Å²) in [7, 11) is 1.48. The van der Waals surface area contributed by atoms with Gasteiger partial charge in [-0.15, -0.1) is 0 Å². The van der Waals surface area contributed by atoms with Crippen molar-refractivity contribution in [1.29, 1.82) is 0 Å². The van der Waals surface area contributed by atoms with E-state index in [1.165, 1.54) is 12.0 Å². The van der Waals surface area contributed by atoms with Crippen molar-refractivity contribution in [2.75, 3.05) is 30.4 Å². The van der Waals surface area contributed by atoms with Crippen LogP contribution in [0.3, 0.4) is 0 Å². The van der Waals surface area contributed by atoms with Crippen molar-refractivity contribution in [3.05, 3.63) is 53.1 Å². The fourth-order valence-corrected chi connectivity index (χ4v) is 4.53. The van der Waals surface area contributed by atoms with Crippen molar-refractivity contribution in [2.24, 2.45) is 5.92 Å². The smallest absolute Gasteiger partial charge is 0.251 e. The van der Waals surface area contributed by atoms with Gasteiger partial charge < -0.3 is 10.1 Å². The minimum atomic E-state index is -0.527. The van der Waals surface area contributed by atoms with E-state index in [-0.39, 0.29) is 30.1 Å². The summed E-state index contributed by atoms with van der Waals surface area (Å²) in [5, 5.41) is 3.46. The Kier molecular flexibility index (Phi) is 6.48. The standard InChI is InChI=1S/C24H26ClN3O4/c1-15-12-19(21(32-2)13-18(15)25)28-22(29)14-20(24(28)31)27-10-8-16(9-11-27)23(30)26-17-6-4-3-5-7-17/h3-7,12-13,16,20H,8-11,14H2,1-2H3,(H,26,30). The summed E-state index contributed by atoms with van der Waals surface area (Å²) in [6, 6.07) is 12.2. The van der Waals surface area contributed by atoms with Gasteiger partial charge in [0.1, 0.15) is 5.75 Å². The van der Waals surface area contributed by atoms with Gasteiger partial charge in [0, 0.05) is 22.7 Å². The maximum atomic E-state index is 13.2. The van der Waals surface area contributed by atoms with Crippen molar-refractivity contribution in [1.82, 2.24) is 4.90 Å². The molecule has 7 nitrogen and oxygen atoms in total. The SMILES string of the molecule is COc1cc(Cl)c(C)cc1N1C(=O)CC(N2CCC(C(=O)Nc3ccccc3)CC2)C1=O. The Morgan fingerprint density at radius 1 is 1.12 bits per heavy atom. The number of aryl methyl sites for hydroxylation is 1. The van der Waals surface area contributed by atoms with Gasteiger partial charge in [-0.05, 0) is 56.6 Å². The molecule has 3 amide bonds. The monoisotopic (exact) mass is 455 g/mol. The number of anilines is 2. The van der Waals surface area contributed by atoms with Crippen molar-refractivity contribution >= 4 is 40.7 Å². The number of likely N-dealkylation sites (tertiary alicyclic amines) is 1. The van der Waals surface area contributed by atoms with Crippen LogP contribution in [0.15, 0.2) is 42.5 Å². The molecule has 1 N–H and O–H groups in total. The van der Waals surface area contributed by atoms with E-state index in [0.717, 1.165) is 11.3 Å². The van der Waals surface area contributed by atoms with E-state index < -0.39 is 6.04 Å². The maximum absolute atomic E-state index is 13.2. The molecule has 2 saturated heterocycles. The highest BCUT2D eigenvalue weighted by Gasteiger charge is 2.44. The van der Waals surface area contributed by atoms with Crippen molar-refractivity contribution in [3.63, 3.8) is 0 Å². The first-order chi connectivity index (χ1) is 15.4. The predicted octanol–water partition coefficient (Wildman–Crippen LogP) is 3.64. The van der Waals surface area contributed by atoms with Gasteiger partial charge in [0.2, 0.25) is 11.8 Å². The number of hydrogen-bond acceptors (Lipinski definition) is 5. The van der Waals surface area contributed by atoms with Crippen LogP contribution in [0.5, 0.6) is 5.75 Å². The van der Waals surface area contributed by atoms with Gasteiger partial charge in [-0.1, -0.05) is 29.8 Å². The fraction of sp³-hybridized carbons (Fsp3) is 0.375. The van der Waals surface area contributed by atoms with Crippen molar-refractivity contribution in [2.45, 2.75) is 32.2 Å². The van der Waals surface area contributed by atoms with Crippen LogP contribution in [-0.4, -0.2) is 48.9 Å². The number of ether oxygens (including phenoxy) is 1. The number of nitrogens with one attached hydrogen (secondary N) is 1. The highest BCUT2D eigenvalue weighted by molar-refractivity contribution is 6.32. The first kappa shape index (κ1) is 22.3. The van der Waals surface area contributed by atoms with Crippen LogP contribution in [0.1, 0.15) is 24.8 Å². The first-order valence-electron chi connectivity index (χ1n) is 10.7. The zero-order valence-electron chi connectivity index (χ0n) is 18.1. The van der Waals surface area contributed by atoms with Crippen LogP contribution < -0.4 is 15.0 Å². The van der Waals surface area contributed by atoms with E-state index in [1.54, 1.807) is 12.1 Å². The molecule has 0 radical (unpaired) electrons. The molecule has 2 aliphatic heterocycles. The number of carbonyl (C=O) groups excluding carboxylic acids is 3. The highest BCUT2D eigenvalue weighted by Crippen LogP contribution is 2.37. The number of carbonyl (C=O) groups is 3. The molecule has 0 bridgehead atoms. The summed E-state index contributed by atoms with van der Waals surface area (Å²) >= 11 is 6.18. The number of amides is 3. The minimum Gasteiger partial charge on any atom is -0.495 e. The van der Waals surface area contributed by atoms with E-state index in [0.29, 0.717) is 42.4 Å². The predicted molar refractivity (Wildman–Crippen MR) is 123 cm³/mol. The Bertz CT molecular complexity index is 1040. The normalized spacial score (nSPS) is 20.0. The average molecular weight is 456 g/mol. The quantitative estimate of drug-likeness (QED) is 0.696. The lowest BCUT2D eigenvalue weighted by Crippen LogP contribution is -2.47. The minimum absolute atomic E-state index is 0.00678. The van der Waals surface area contributed by atoms with Crippen molar-refractivity contribution in [3.8, 4) is 5.75 Å². The van der Waals surface area contributed by atoms with Crippen LogP contribution in [0, 0.1) is 12.8 Å². The molecule has 168 valence electrons. The Morgan fingerprint density at radius 2 is 1.81 bits per heavy atom. The lowest BCUT2D eigenvalue weighted by molar-refractivity contribution is -0.123. The molecule has 2 fully saturated rings. The van der Waals surface area contributed by atoms with E-state index in [9.17, 15) is 14.4 Å². The second kappa shape index (κ2) is 9.30. The van der Waals surface area contributed by atoms with Gasteiger partial charge in [0.05, 0.1) is 25.3 Å². The summed E-state index contributed by atoms with van der Waals surface area (Å²) in [6.45, 7) is 2.99. The molecule has 1 unspecified atom stereocenters. The molecule has 0 aliphatic carbocycles. The number of halogens is 1. The van der Waals surface area contributed by atoms with E-state index in [2.05, 4.69) is 5.32 Å². The Morgan fingerprint density at radius 3 is 2.47 bits per heavy atom. The molecular weight excluding hydrogens is 430 g/mol. The zero-order valence-corrected chi connectivity index (χ0v) is 18.9. The van der Waals surface area contributed by atoms with Gasteiger partial charge in [-0.2, -0.15) is 0 Å². The van der Waals surface area contributed by atoms with Crippen LogP contribution in [0.4, 0.5) is 11.4 Å². The largest absolute Gasteiger partial charge is 0.495 e. The average Bonchev–Trinajstić information content (AvgIpc) is 3.09. The number of nitrogens with zero attached hydrogens (tertiary/aromatic N) is 2. The first-order valence-corrected chi connectivity index (χ1v) is 11.1. The van der Waals surface area contributed by atoms with E-state index >= 15 is 0 Å². The molecule has 0 aromatic heterocycles. The van der Waals surface area contributed by atoms with Gasteiger partial charge in [-0.3, -0.25) is 19.3 Å². The summed E-state index contributed by atoms with van der Waals surface area (Å²) in [5.74, 6) is -0.258. The van der Waals surface area contributed by atoms with Gasteiger partial charge in [0.15, 0.2) is 0 Å².